The molecule has 0 bridgehead atoms. The molecule has 1 aromatic heterocycles. The average Bonchev–Trinajstić information content (AvgIpc) is 3.42. The van der Waals surface area contributed by atoms with Gasteiger partial charge in [-0.15, -0.1) is 0 Å². The van der Waals surface area contributed by atoms with E-state index in [0.29, 0.717) is 25.7 Å². The number of hydrogen-bond donors (Lipinski definition) is 1. The van der Waals surface area contributed by atoms with Crippen molar-refractivity contribution < 1.29 is 23.6 Å². The van der Waals surface area contributed by atoms with Gasteiger partial charge in [0.15, 0.2) is 12.4 Å². The number of aryl methyl sites for hydroxylation is 1. The number of nitrogens with one attached hydrogen (secondary N) is 1. The van der Waals surface area contributed by atoms with Crippen molar-refractivity contribution in [2.45, 2.75) is 142 Å². The van der Waals surface area contributed by atoms with Crippen LogP contribution in [0.15, 0.2) is 24.5 Å². The van der Waals surface area contributed by atoms with Crippen molar-refractivity contribution >= 4 is 6.09 Å². The number of nitrogens with zero attached hydrogens (tertiary/aromatic N) is 1. The fourth-order valence-corrected chi connectivity index (χ4v) is 5.23. The monoisotopic (exact) mass is 547 g/mol. The first-order valence-electron chi connectivity index (χ1n) is 16.3. The quantitative estimate of drug-likeness (QED) is 0.106. The van der Waals surface area contributed by atoms with E-state index < -0.39 is 6.09 Å². The molecule has 1 amide bonds. The number of carbonyl (C=O) groups excluding carboxylic acids is 1. The minimum atomic E-state index is -0.394. The maximum atomic E-state index is 12.0. The third-order valence-corrected chi connectivity index (χ3v) is 7.82. The molecule has 39 heavy (non-hydrogen) atoms. The number of unbranched alkanes of at least 4 members (excludes halogenated alkanes) is 15. The fourth-order valence-electron chi connectivity index (χ4n) is 5.23. The van der Waals surface area contributed by atoms with Gasteiger partial charge in [0.2, 0.25) is 0 Å². The molecular weight excluding hydrogens is 488 g/mol. The first-order chi connectivity index (χ1) is 19.2. The van der Waals surface area contributed by atoms with Crippen LogP contribution in [0.1, 0.15) is 129 Å². The molecule has 2 atom stereocenters. The summed E-state index contributed by atoms with van der Waals surface area (Å²) in [5.74, 6) is 0.400. The second-order valence-electron chi connectivity index (χ2n) is 11.4. The highest BCUT2D eigenvalue weighted by Gasteiger charge is 2.26. The van der Waals surface area contributed by atoms with E-state index in [4.69, 9.17) is 14.2 Å². The van der Waals surface area contributed by atoms with Crippen LogP contribution in [0, 0.1) is 5.92 Å². The number of rotatable bonds is 24. The smallest absolute Gasteiger partial charge is 0.407 e. The average molecular weight is 548 g/mol. The van der Waals surface area contributed by atoms with Crippen molar-refractivity contribution in [1.29, 1.82) is 0 Å². The summed E-state index contributed by atoms with van der Waals surface area (Å²) in [6.07, 6.45) is 26.7. The summed E-state index contributed by atoms with van der Waals surface area (Å²) in [6.45, 7) is 8.36. The molecule has 0 aliphatic carbocycles. The lowest BCUT2D eigenvalue weighted by molar-refractivity contribution is -0.693. The molecule has 224 valence electrons. The molecule has 0 spiro atoms. The van der Waals surface area contributed by atoms with Gasteiger partial charge in [-0.1, -0.05) is 103 Å². The van der Waals surface area contributed by atoms with Gasteiger partial charge in [-0.25, -0.2) is 9.36 Å². The highest BCUT2D eigenvalue weighted by atomic mass is 16.6. The number of carbonyl (C=O) groups is 1. The van der Waals surface area contributed by atoms with Gasteiger partial charge in [0, 0.05) is 31.2 Å². The van der Waals surface area contributed by atoms with Crippen molar-refractivity contribution in [2.75, 3.05) is 26.4 Å². The minimum absolute atomic E-state index is 0.0277. The van der Waals surface area contributed by atoms with Crippen molar-refractivity contribution in [2.24, 2.45) is 5.92 Å². The van der Waals surface area contributed by atoms with Gasteiger partial charge in [0.1, 0.15) is 13.2 Å². The van der Waals surface area contributed by atoms with Crippen LogP contribution >= 0.6 is 0 Å². The Morgan fingerprint density at radius 2 is 1.41 bits per heavy atom. The van der Waals surface area contributed by atoms with Gasteiger partial charge < -0.3 is 19.5 Å². The van der Waals surface area contributed by atoms with Gasteiger partial charge in [0.05, 0.1) is 19.3 Å². The molecule has 2 rings (SSSR count). The highest BCUT2D eigenvalue weighted by molar-refractivity contribution is 5.67. The zero-order valence-corrected chi connectivity index (χ0v) is 25.3. The molecule has 1 aliphatic rings. The summed E-state index contributed by atoms with van der Waals surface area (Å²) in [4.78, 5) is 12.0. The first-order valence-corrected chi connectivity index (χ1v) is 16.3. The van der Waals surface area contributed by atoms with Crippen LogP contribution in [0.4, 0.5) is 4.79 Å². The Kier molecular flexibility index (Phi) is 19.9. The third-order valence-electron chi connectivity index (χ3n) is 7.82. The SMILES string of the molecule is CCCCCCCCCCCCCCCCCCOCC1COC(COC(=O)NCc2cc[n+](CC)cc2)C1. The fraction of sp³-hybridized carbons (Fsp3) is 0.818. The zero-order chi connectivity index (χ0) is 27.8. The molecule has 0 radical (unpaired) electrons. The van der Waals surface area contributed by atoms with Gasteiger partial charge >= 0.3 is 6.09 Å². The predicted octanol–water partition coefficient (Wildman–Crippen LogP) is 7.90. The number of pyridine rings is 1. The number of aromatic nitrogens is 1. The van der Waals surface area contributed by atoms with E-state index in [1.54, 1.807) is 0 Å². The summed E-state index contributed by atoms with van der Waals surface area (Å²) >= 11 is 0. The van der Waals surface area contributed by atoms with E-state index in [1.807, 2.05) is 24.5 Å². The van der Waals surface area contributed by atoms with Crippen molar-refractivity contribution in [3.63, 3.8) is 0 Å². The van der Waals surface area contributed by atoms with E-state index in [9.17, 15) is 4.79 Å². The maximum absolute atomic E-state index is 12.0. The Hall–Kier alpha value is -1.66. The molecule has 1 N–H and O–H groups in total. The lowest BCUT2D eigenvalue weighted by Crippen LogP contribution is -2.31. The lowest BCUT2D eigenvalue weighted by Gasteiger charge is -2.11. The van der Waals surface area contributed by atoms with Crippen LogP contribution in [0.2, 0.25) is 0 Å². The van der Waals surface area contributed by atoms with Crippen LogP contribution < -0.4 is 9.88 Å². The van der Waals surface area contributed by atoms with Gasteiger partial charge in [0.25, 0.3) is 0 Å². The van der Waals surface area contributed by atoms with Crippen molar-refractivity contribution in [3.8, 4) is 0 Å². The molecule has 1 aliphatic heterocycles. The van der Waals surface area contributed by atoms with E-state index >= 15 is 0 Å². The van der Waals surface area contributed by atoms with Crippen LogP contribution in [-0.2, 0) is 27.3 Å². The summed E-state index contributed by atoms with van der Waals surface area (Å²) in [5.41, 5.74) is 1.05. The van der Waals surface area contributed by atoms with Crippen LogP contribution in [0.3, 0.4) is 0 Å². The number of ether oxygens (including phenoxy) is 3. The topological polar surface area (TPSA) is 60.7 Å². The standard InChI is InChI=1S/C33H58N2O4/c1-3-5-6-7-8-9-10-11-12-13-14-15-16-17-18-19-24-37-27-31-25-32(38-28-31)29-39-33(36)34-26-30-20-22-35(4-2)23-21-30/h20-23,31-32H,3-19,24-29H2,1-2H3/p+1. The van der Waals surface area contributed by atoms with Crippen molar-refractivity contribution in [1.82, 2.24) is 5.32 Å². The summed E-state index contributed by atoms with van der Waals surface area (Å²) in [5, 5.41) is 2.81. The molecule has 2 heterocycles. The van der Waals surface area contributed by atoms with Gasteiger partial charge in [-0.05, 0) is 25.3 Å². The molecule has 1 fully saturated rings. The minimum Gasteiger partial charge on any atom is -0.447 e. The lowest BCUT2D eigenvalue weighted by atomic mass is 10.0. The predicted molar refractivity (Wildman–Crippen MR) is 159 cm³/mol. The summed E-state index contributed by atoms with van der Waals surface area (Å²) < 4.78 is 19.2. The second-order valence-corrected chi connectivity index (χ2v) is 11.4. The van der Waals surface area contributed by atoms with Crippen molar-refractivity contribution in [3.05, 3.63) is 30.1 Å². The van der Waals surface area contributed by atoms with E-state index in [2.05, 4.69) is 23.7 Å². The Balaban J connectivity index is 1.31. The Bertz CT molecular complexity index is 712. The molecule has 6 nitrogen and oxygen atoms in total. The first kappa shape index (κ1) is 33.5. The number of amides is 1. The van der Waals surface area contributed by atoms with Crippen LogP contribution in [0.25, 0.3) is 0 Å². The molecule has 1 aromatic rings. The normalized spacial score (nSPS) is 17.0. The molecule has 1 saturated heterocycles. The molecule has 0 aromatic carbocycles. The molecule has 6 heteroatoms. The van der Waals surface area contributed by atoms with Gasteiger partial charge in [-0.3, -0.25) is 0 Å². The van der Waals surface area contributed by atoms with Crippen LogP contribution in [0.5, 0.6) is 0 Å². The van der Waals surface area contributed by atoms with Crippen LogP contribution in [-0.4, -0.2) is 38.6 Å². The van der Waals surface area contributed by atoms with E-state index in [-0.39, 0.29) is 6.10 Å². The maximum Gasteiger partial charge on any atom is 0.407 e. The number of alkyl carbamates (subject to hydrolysis) is 1. The summed E-state index contributed by atoms with van der Waals surface area (Å²) in [7, 11) is 0. The second kappa shape index (κ2) is 23.1. The molecule has 0 saturated carbocycles. The Morgan fingerprint density at radius 3 is 1.97 bits per heavy atom. The largest absolute Gasteiger partial charge is 0.447 e. The van der Waals surface area contributed by atoms with E-state index in [1.165, 1.54) is 96.3 Å². The molecular formula is C33H59N2O4+. The zero-order valence-electron chi connectivity index (χ0n) is 25.3. The van der Waals surface area contributed by atoms with Gasteiger partial charge in [-0.2, -0.15) is 0 Å². The van der Waals surface area contributed by atoms with E-state index in [0.717, 1.165) is 38.2 Å². The Labute approximate surface area is 239 Å². The molecule has 2 unspecified atom stereocenters. The third kappa shape index (κ3) is 17.6. The summed E-state index contributed by atoms with van der Waals surface area (Å²) in [6, 6.07) is 4.02. The Morgan fingerprint density at radius 1 is 0.846 bits per heavy atom. The number of hydrogen-bond acceptors (Lipinski definition) is 4. The highest BCUT2D eigenvalue weighted by Crippen LogP contribution is 2.20.